The second-order valence-electron chi connectivity index (χ2n) is 4.18. The van der Waals surface area contributed by atoms with E-state index in [1.807, 2.05) is 0 Å². The highest BCUT2D eigenvalue weighted by Gasteiger charge is 2.23. The zero-order valence-corrected chi connectivity index (χ0v) is 11.2. The molecule has 4 nitrogen and oxygen atoms in total. The van der Waals surface area contributed by atoms with Crippen molar-refractivity contribution in [3.63, 3.8) is 0 Å². The zero-order valence-electron chi connectivity index (χ0n) is 11.2. The molecular weight excluding hydrogens is 244 g/mol. The van der Waals surface area contributed by atoms with E-state index < -0.39 is 5.97 Å². The maximum absolute atomic E-state index is 11.9. The van der Waals surface area contributed by atoms with Crippen LogP contribution in [0.5, 0.6) is 11.5 Å². The van der Waals surface area contributed by atoms with Crippen LogP contribution in [0.15, 0.2) is 25.3 Å². The Kier molecular flexibility index (Phi) is 4.75. The lowest BCUT2D eigenvalue weighted by molar-refractivity contribution is 0.0547. The first kappa shape index (κ1) is 14.8. The molecule has 0 aliphatic rings. The van der Waals surface area contributed by atoms with Crippen LogP contribution in [0.2, 0.25) is 0 Å². The Labute approximate surface area is 112 Å². The minimum absolute atomic E-state index is 0.0770. The van der Waals surface area contributed by atoms with Gasteiger partial charge < -0.3 is 14.9 Å². The molecule has 0 heterocycles. The summed E-state index contributed by atoms with van der Waals surface area (Å²) in [7, 11) is 0. The predicted molar refractivity (Wildman–Crippen MR) is 73.6 cm³/mol. The van der Waals surface area contributed by atoms with Gasteiger partial charge in [0.25, 0.3) is 0 Å². The number of aromatic hydroxyl groups is 2. The van der Waals surface area contributed by atoms with Crippen molar-refractivity contribution < 1.29 is 19.7 Å². The number of esters is 1. The molecule has 1 aromatic rings. The molecule has 0 spiro atoms. The van der Waals surface area contributed by atoms with Crippen molar-refractivity contribution in [3.05, 3.63) is 47.6 Å². The molecule has 1 aromatic carbocycles. The van der Waals surface area contributed by atoms with Gasteiger partial charge >= 0.3 is 5.97 Å². The summed E-state index contributed by atoms with van der Waals surface area (Å²) in [4.78, 5) is 11.9. The monoisotopic (exact) mass is 262 g/mol. The maximum atomic E-state index is 11.9. The molecule has 0 atom stereocenters. The van der Waals surface area contributed by atoms with Crippen LogP contribution < -0.4 is 0 Å². The average molecular weight is 262 g/mol. The second-order valence-corrected chi connectivity index (χ2v) is 4.18. The van der Waals surface area contributed by atoms with E-state index in [1.54, 1.807) is 19.9 Å². The third-order valence-electron chi connectivity index (χ3n) is 2.92. The van der Waals surface area contributed by atoms with E-state index in [-0.39, 0.29) is 23.7 Å². The van der Waals surface area contributed by atoms with Crippen LogP contribution >= 0.6 is 0 Å². The maximum Gasteiger partial charge on any atom is 0.339 e. The number of rotatable bonds is 5. The van der Waals surface area contributed by atoms with E-state index in [0.717, 1.165) is 0 Å². The number of hydrogen-bond acceptors (Lipinski definition) is 4. The summed E-state index contributed by atoms with van der Waals surface area (Å²) in [6.45, 7) is 10.3. The first-order valence-corrected chi connectivity index (χ1v) is 5.88. The fraction of sp³-hybridized carbons (Fsp3) is 0.267. The Balaban J connectivity index is 3.38. The molecule has 0 saturated heterocycles. The summed E-state index contributed by atoms with van der Waals surface area (Å²) in [6.07, 6.45) is 3.35. The van der Waals surface area contributed by atoms with Crippen molar-refractivity contribution in [1.29, 1.82) is 0 Å². The molecule has 0 fully saturated rings. The standard InChI is InChI=1S/C15H18O4/c1-5-7-11-13(16)9(3)12(10(4)14(11)17)15(18)19-8-6-2/h5-6,16-17H,1-2,7-8H2,3-4H3. The molecule has 19 heavy (non-hydrogen) atoms. The highest BCUT2D eigenvalue weighted by atomic mass is 16.5. The molecule has 0 aliphatic carbocycles. The van der Waals surface area contributed by atoms with Gasteiger partial charge in [0, 0.05) is 16.7 Å². The lowest BCUT2D eigenvalue weighted by Gasteiger charge is -2.16. The summed E-state index contributed by atoms with van der Waals surface area (Å²) in [6, 6.07) is 0. The second kappa shape index (κ2) is 6.09. The largest absolute Gasteiger partial charge is 0.507 e. The molecule has 1 rings (SSSR count). The number of ether oxygens (including phenoxy) is 1. The van der Waals surface area contributed by atoms with Gasteiger partial charge in [0.05, 0.1) is 5.56 Å². The lowest BCUT2D eigenvalue weighted by Crippen LogP contribution is -2.10. The smallest absolute Gasteiger partial charge is 0.339 e. The van der Waals surface area contributed by atoms with Crippen LogP contribution in [0.25, 0.3) is 0 Å². The Morgan fingerprint density at radius 1 is 1.16 bits per heavy atom. The molecule has 0 amide bonds. The van der Waals surface area contributed by atoms with Crippen molar-refractivity contribution in [3.8, 4) is 11.5 Å². The van der Waals surface area contributed by atoms with Crippen molar-refractivity contribution in [2.75, 3.05) is 6.61 Å². The van der Waals surface area contributed by atoms with Crippen molar-refractivity contribution in [2.24, 2.45) is 0 Å². The van der Waals surface area contributed by atoms with Gasteiger partial charge in [-0.25, -0.2) is 4.79 Å². The SMILES string of the molecule is C=CCOC(=O)c1c(C)c(O)c(CC=C)c(O)c1C. The Morgan fingerprint density at radius 3 is 2.11 bits per heavy atom. The molecule has 102 valence electrons. The third kappa shape index (κ3) is 2.78. The van der Waals surface area contributed by atoms with Gasteiger partial charge in [0.1, 0.15) is 18.1 Å². The Bertz CT molecular complexity index is 500. The molecular formula is C15H18O4. The Morgan fingerprint density at radius 2 is 1.68 bits per heavy atom. The number of benzene rings is 1. The van der Waals surface area contributed by atoms with E-state index in [0.29, 0.717) is 23.1 Å². The summed E-state index contributed by atoms with van der Waals surface area (Å²) in [5, 5.41) is 20.1. The number of phenols is 2. The number of carbonyl (C=O) groups excluding carboxylic acids is 1. The van der Waals surface area contributed by atoms with Crippen LogP contribution in [0, 0.1) is 13.8 Å². The average Bonchev–Trinajstić information content (AvgIpc) is 2.39. The van der Waals surface area contributed by atoms with Crippen LogP contribution in [0.3, 0.4) is 0 Å². The summed E-state index contributed by atoms with van der Waals surface area (Å²) in [5.74, 6) is -0.798. The summed E-state index contributed by atoms with van der Waals surface area (Å²) < 4.78 is 4.95. The normalized spacial score (nSPS) is 10.0. The lowest BCUT2D eigenvalue weighted by atomic mass is 9.95. The van der Waals surface area contributed by atoms with Gasteiger partial charge in [-0.2, -0.15) is 0 Å². The fourth-order valence-electron chi connectivity index (χ4n) is 1.93. The van der Waals surface area contributed by atoms with Gasteiger partial charge in [-0.1, -0.05) is 18.7 Å². The number of hydrogen-bond donors (Lipinski definition) is 2. The minimum atomic E-state index is -0.592. The Hall–Kier alpha value is -2.23. The van der Waals surface area contributed by atoms with Crippen LogP contribution in [-0.2, 0) is 11.2 Å². The molecule has 0 aromatic heterocycles. The fourth-order valence-corrected chi connectivity index (χ4v) is 1.93. The first-order chi connectivity index (χ1) is 8.95. The summed E-state index contributed by atoms with van der Waals surface area (Å²) in [5.41, 5.74) is 1.33. The van der Waals surface area contributed by atoms with Gasteiger partial charge in [-0.05, 0) is 20.3 Å². The van der Waals surface area contributed by atoms with E-state index in [9.17, 15) is 15.0 Å². The predicted octanol–water partition coefficient (Wildman–Crippen LogP) is 2.79. The van der Waals surface area contributed by atoms with Gasteiger partial charge in [-0.15, -0.1) is 6.58 Å². The van der Waals surface area contributed by atoms with Crippen molar-refractivity contribution in [2.45, 2.75) is 20.3 Å². The third-order valence-corrected chi connectivity index (χ3v) is 2.92. The quantitative estimate of drug-likeness (QED) is 0.632. The molecule has 0 aliphatic heterocycles. The van der Waals surface area contributed by atoms with Crippen LogP contribution in [-0.4, -0.2) is 22.8 Å². The first-order valence-electron chi connectivity index (χ1n) is 5.88. The molecule has 0 bridgehead atoms. The summed E-state index contributed by atoms with van der Waals surface area (Å²) >= 11 is 0. The van der Waals surface area contributed by atoms with E-state index >= 15 is 0 Å². The molecule has 0 saturated carbocycles. The van der Waals surface area contributed by atoms with E-state index in [4.69, 9.17) is 4.74 Å². The van der Waals surface area contributed by atoms with Gasteiger partial charge in [-0.3, -0.25) is 0 Å². The number of allylic oxidation sites excluding steroid dienone is 1. The topological polar surface area (TPSA) is 66.8 Å². The molecule has 2 N–H and O–H groups in total. The highest BCUT2D eigenvalue weighted by Crippen LogP contribution is 2.37. The zero-order chi connectivity index (χ0) is 14.6. The van der Waals surface area contributed by atoms with Gasteiger partial charge in [0.2, 0.25) is 0 Å². The van der Waals surface area contributed by atoms with Crippen LogP contribution in [0.4, 0.5) is 0 Å². The molecule has 0 unspecified atom stereocenters. The van der Waals surface area contributed by atoms with E-state index in [2.05, 4.69) is 13.2 Å². The van der Waals surface area contributed by atoms with Crippen molar-refractivity contribution >= 4 is 5.97 Å². The number of phenolic OH excluding ortho intramolecular Hbond substituents is 2. The highest BCUT2D eigenvalue weighted by molar-refractivity contribution is 5.94. The van der Waals surface area contributed by atoms with Crippen LogP contribution in [0.1, 0.15) is 27.0 Å². The number of carbonyl (C=O) groups is 1. The van der Waals surface area contributed by atoms with E-state index in [1.165, 1.54) is 6.08 Å². The molecule has 0 radical (unpaired) electrons. The van der Waals surface area contributed by atoms with Crippen molar-refractivity contribution in [1.82, 2.24) is 0 Å². The minimum Gasteiger partial charge on any atom is -0.507 e. The van der Waals surface area contributed by atoms with Gasteiger partial charge in [0.15, 0.2) is 0 Å². The molecule has 4 heteroatoms.